The van der Waals surface area contributed by atoms with Crippen LogP contribution in [0.1, 0.15) is 50.3 Å². The van der Waals surface area contributed by atoms with Crippen molar-refractivity contribution in [3.63, 3.8) is 0 Å². The van der Waals surface area contributed by atoms with Gasteiger partial charge in [-0.3, -0.25) is 18.7 Å². The predicted octanol–water partition coefficient (Wildman–Crippen LogP) is 4.01. The Kier molecular flexibility index (Phi) is 9.32. The van der Waals surface area contributed by atoms with E-state index in [-0.39, 0.29) is 36.0 Å². The smallest absolute Gasteiger partial charge is 0.397 e. The Balaban J connectivity index is 1.52. The van der Waals surface area contributed by atoms with Crippen LogP contribution in [0.15, 0.2) is 36.7 Å². The van der Waals surface area contributed by atoms with E-state index in [1.54, 1.807) is 12.1 Å². The van der Waals surface area contributed by atoms with Crippen LogP contribution in [0.5, 0.6) is 11.6 Å². The number of hydrogen-bond donors (Lipinski definition) is 2. The molecule has 1 aromatic carbocycles. The molecule has 1 saturated heterocycles. The molecule has 2 aromatic rings. The van der Waals surface area contributed by atoms with E-state index in [1.165, 1.54) is 22.7 Å². The van der Waals surface area contributed by atoms with Gasteiger partial charge in [-0.2, -0.15) is 0 Å². The zero-order valence-electron chi connectivity index (χ0n) is 19.4. The van der Waals surface area contributed by atoms with Gasteiger partial charge in [0.25, 0.3) is 5.91 Å². The molecule has 3 atom stereocenters. The van der Waals surface area contributed by atoms with E-state index in [2.05, 4.69) is 4.98 Å². The zero-order chi connectivity index (χ0) is 24.7. The van der Waals surface area contributed by atoms with Crippen molar-refractivity contribution in [2.75, 3.05) is 19.0 Å². The maximum Gasteiger partial charge on any atom is 0.397 e. The number of nitrogens with zero attached hydrogens (tertiary/aromatic N) is 2. The SMILES string of the molecule is CC(C)(C)C(=O)SCCOP(OCC1CCC(n2cnc(C(N)=O)c2O)O1)Oc1ccccc1. The van der Waals surface area contributed by atoms with Crippen LogP contribution < -0.4 is 10.3 Å². The molecule has 0 saturated carbocycles. The second-order valence-corrected chi connectivity index (χ2v) is 10.8. The standard InChI is InChI=1S/C22H30N3O7PS/c1-22(2,3)21(28)34-12-11-29-33(32-15-7-5-4-6-8-15)30-13-16-9-10-17(31-16)25-14-24-18(19(23)26)20(25)27/h4-8,14,16-17,27H,9-13H2,1-3H3,(H2,23,26). The monoisotopic (exact) mass is 511 g/mol. The molecule has 186 valence electrons. The van der Waals surface area contributed by atoms with Crippen molar-refractivity contribution in [2.24, 2.45) is 11.1 Å². The second kappa shape index (κ2) is 12.0. The highest BCUT2D eigenvalue weighted by molar-refractivity contribution is 8.13. The number of hydrogen-bond acceptors (Lipinski definition) is 9. The molecule has 10 nitrogen and oxygen atoms in total. The Hall–Kier alpha value is -2.17. The molecule has 1 aliphatic rings. The molecule has 0 aliphatic carbocycles. The van der Waals surface area contributed by atoms with Gasteiger partial charge in [0, 0.05) is 11.2 Å². The van der Waals surface area contributed by atoms with E-state index in [4.69, 9.17) is 24.0 Å². The summed E-state index contributed by atoms with van der Waals surface area (Å²) in [5.41, 5.74) is 4.60. The van der Waals surface area contributed by atoms with Gasteiger partial charge in [0.15, 0.2) is 10.8 Å². The van der Waals surface area contributed by atoms with Crippen molar-refractivity contribution in [1.29, 1.82) is 0 Å². The highest BCUT2D eigenvalue weighted by Crippen LogP contribution is 2.42. The summed E-state index contributed by atoms with van der Waals surface area (Å²) >= 11 is 1.22. The van der Waals surface area contributed by atoms with Crippen molar-refractivity contribution < 1.29 is 33.0 Å². The number of aromatic hydroxyl groups is 1. The Morgan fingerprint density at radius 2 is 2.00 bits per heavy atom. The molecule has 1 aliphatic heterocycles. The Morgan fingerprint density at radius 3 is 2.65 bits per heavy atom. The molecule has 3 rings (SSSR count). The van der Waals surface area contributed by atoms with Gasteiger partial charge in [0.05, 0.1) is 19.3 Å². The number of benzene rings is 1. The third-order valence-electron chi connectivity index (χ3n) is 4.81. The van der Waals surface area contributed by atoms with Crippen LogP contribution in [0, 0.1) is 5.41 Å². The normalized spacial score (nSPS) is 19.1. The van der Waals surface area contributed by atoms with Gasteiger partial charge in [-0.25, -0.2) is 4.98 Å². The van der Waals surface area contributed by atoms with E-state index in [1.807, 2.05) is 39.0 Å². The number of carbonyl (C=O) groups excluding carboxylic acids is 2. The van der Waals surface area contributed by atoms with Gasteiger partial charge in [-0.1, -0.05) is 50.7 Å². The zero-order valence-corrected chi connectivity index (χ0v) is 21.1. The average molecular weight is 512 g/mol. The first-order valence-electron chi connectivity index (χ1n) is 10.8. The quantitative estimate of drug-likeness (QED) is 0.339. The van der Waals surface area contributed by atoms with Crippen LogP contribution >= 0.6 is 20.4 Å². The highest BCUT2D eigenvalue weighted by Gasteiger charge is 2.31. The topological polar surface area (TPSA) is 135 Å². The molecule has 2 heterocycles. The van der Waals surface area contributed by atoms with Crippen molar-refractivity contribution in [2.45, 2.75) is 45.9 Å². The molecular formula is C22H30N3O7PS. The Morgan fingerprint density at radius 1 is 1.26 bits per heavy atom. The first-order chi connectivity index (χ1) is 16.1. The Labute approximate surface area is 204 Å². The lowest BCUT2D eigenvalue weighted by Crippen LogP contribution is -2.18. The predicted molar refractivity (Wildman–Crippen MR) is 128 cm³/mol. The number of carbonyl (C=O) groups is 2. The summed E-state index contributed by atoms with van der Waals surface area (Å²) in [6.45, 7) is 6.14. The first-order valence-corrected chi connectivity index (χ1v) is 12.9. The number of nitrogens with two attached hydrogens (primary N) is 1. The van der Waals surface area contributed by atoms with Crippen LogP contribution in [-0.4, -0.2) is 50.8 Å². The molecular weight excluding hydrogens is 481 g/mol. The molecule has 0 spiro atoms. The fourth-order valence-electron chi connectivity index (χ4n) is 3.02. The first kappa shape index (κ1) is 26.4. The van der Waals surface area contributed by atoms with Gasteiger partial charge in [0.2, 0.25) is 5.88 Å². The van der Waals surface area contributed by atoms with Gasteiger partial charge in [-0.05, 0) is 25.0 Å². The number of aromatic nitrogens is 2. The maximum atomic E-state index is 12.1. The summed E-state index contributed by atoms with van der Waals surface area (Å²) in [6.07, 6.45) is 1.83. The summed E-state index contributed by atoms with van der Waals surface area (Å²) in [5, 5.41) is 10.3. The number of imidazole rings is 1. The number of ether oxygens (including phenoxy) is 1. The van der Waals surface area contributed by atoms with Crippen molar-refractivity contribution in [3.8, 4) is 11.6 Å². The lowest BCUT2D eigenvalue weighted by atomic mass is 10.00. The molecule has 1 fully saturated rings. The fraction of sp³-hybridized carbons (Fsp3) is 0.500. The van der Waals surface area contributed by atoms with Crippen LogP contribution in [0.4, 0.5) is 0 Å². The highest BCUT2D eigenvalue weighted by atomic mass is 32.2. The van der Waals surface area contributed by atoms with Crippen molar-refractivity contribution in [1.82, 2.24) is 9.55 Å². The van der Waals surface area contributed by atoms with E-state index < -0.39 is 26.2 Å². The number of para-hydroxylation sites is 1. The van der Waals surface area contributed by atoms with Crippen LogP contribution in [0.3, 0.4) is 0 Å². The van der Waals surface area contributed by atoms with Crippen molar-refractivity contribution >= 4 is 31.4 Å². The number of primary amides is 1. The molecule has 3 N–H and O–H groups in total. The van der Waals surface area contributed by atoms with E-state index in [0.29, 0.717) is 24.3 Å². The largest absolute Gasteiger partial charge is 0.493 e. The Bertz CT molecular complexity index is 967. The van der Waals surface area contributed by atoms with Crippen molar-refractivity contribution in [3.05, 3.63) is 42.4 Å². The molecule has 1 amide bonds. The van der Waals surface area contributed by atoms with Crippen LogP contribution in [0.25, 0.3) is 0 Å². The summed E-state index contributed by atoms with van der Waals surface area (Å²) in [4.78, 5) is 27.2. The summed E-state index contributed by atoms with van der Waals surface area (Å²) in [7, 11) is -1.73. The van der Waals surface area contributed by atoms with E-state index >= 15 is 0 Å². The lowest BCUT2D eigenvalue weighted by Gasteiger charge is -2.20. The third kappa shape index (κ3) is 7.41. The lowest BCUT2D eigenvalue weighted by molar-refractivity contribution is -0.117. The minimum atomic E-state index is -1.73. The third-order valence-corrected chi connectivity index (χ3v) is 7.17. The van der Waals surface area contributed by atoms with Crippen LogP contribution in [-0.2, 0) is 18.6 Å². The maximum absolute atomic E-state index is 12.1. The second-order valence-electron chi connectivity index (χ2n) is 8.62. The minimum absolute atomic E-state index is 0.0953. The van der Waals surface area contributed by atoms with Crippen LogP contribution in [0.2, 0.25) is 0 Å². The summed E-state index contributed by atoms with van der Waals surface area (Å²) in [6, 6.07) is 9.19. The molecule has 34 heavy (non-hydrogen) atoms. The van der Waals surface area contributed by atoms with Gasteiger partial charge in [0.1, 0.15) is 18.3 Å². The molecule has 0 bridgehead atoms. The minimum Gasteiger partial charge on any atom is -0.493 e. The number of thioether (sulfide) groups is 1. The van der Waals surface area contributed by atoms with Gasteiger partial charge in [-0.15, -0.1) is 0 Å². The molecule has 12 heteroatoms. The summed E-state index contributed by atoms with van der Waals surface area (Å²) < 4.78 is 24.9. The average Bonchev–Trinajstić information content (AvgIpc) is 3.41. The molecule has 1 aromatic heterocycles. The van der Waals surface area contributed by atoms with E-state index in [0.717, 1.165) is 0 Å². The molecule has 0 radical (unpaired) electrons. The van der Waals surface area contributed by atoms with Gasteiger partial charge < -0.3 is 24.6 Å². The number of amides is 1. The number of rotatable bonds is 11. The summed E-state index contributed by atoms with van der Waals surface area (Å²) in [5.74, 6) is -0.0307. The fourth-order valence-corrected chi connectivity index (χ4v) is 4.93. The molecule has 3 unspecified atom stereocenters. The van der Waals surface area contributed by atoms with Gasteiger partial charge >= 0.3 is 8.60 Å². The van der Waals surface area contributed by atoms with E-state index in [9.17, 15) is 14.7 Å².